The minimum Gasteiger partial charge on any atom is -0.297 e. The van der Waals surface area contributed by atoms with Crippen molar-refractivity contribution in [3.8, 4) is 0 Å². The summed E-state index contributed by atoms with van der Waals surface area (Å²) in [5.41, 5.74) is 4.21. The molecule has 4 rings (SSSR count). The normalized spacial score (nSPS) is 16.5. The number of aliphatic imine (C=N–C) groups is 2. The number of amidine groups is 1. The van der Waals surface area contributed by atoms with E-state index in [0.29, 0.717) is 0 Å². The number of thiophene rings is 1. The minimum absolute atomic E-state index is 0.912. The molecule has 0 saturated carbocycles. The van der Waals surface area contributed by atoms with Crippen LogP contribution in [0.25, 0.3) is 10.1 Å². The number of hydrogen-bond acceptors (Lipinski definition) is 5. The predicted octanol–water partition coefficient (Wildman–Crippen LogP) is 2.61. The van der Waals surface area contributed by atoms with Crippen molar-refractivity contribution in [3.63, 3.8) is 0 Å². The van der Waals surface area contributed by atoms with E-state index in [1.54, 1.807) is 30.1 Å². The first-order valence-electron chi connectivity index (χ1n) is 5.28. The Morgan fingerprint density at radius 1 is 1.24 bits per heavy atom. The van der Waals surface area contributed by atoms with Crippen molar-refractivity contribution in [1.29, 1.82) is 0 Å². The molecule has 2 aromatic rings. The van der Waals surface area contributed by atoms with E-state index in [0.717, 1.165) is 16.4 Å². The Hall–Kier alpha value is -2.14. The van der Waals surface area contributed by atoms with E-state index in [9.17, 15) is 0 Å². The van der Waals surface area contributed by atoms with Gasteiger partial charge in [-0.05, 0) is 6.07 Å². The van der Waals surface area contributed by atoms with Crippen LogP contribution in [0, 0.1) is 0 Å². The van der Waals surface area contributed by atoms with Gasteiger partial charge in [-0.3, -0.25) is 5.43 Å². The molecule has 2 aliphatic rings. The Bertz CT molecular complexity index is 696. The zero-order valence-corrected chi connectivity index (χ0v) is 9.61. The fraction of sp³-hybridized carbons (Fsp3) is 0. The summed E-state index contributed by atoms with van der Waals surface area (Å²) in [6.45, 7) is 0. The van der Waals surface area contributed by atoms with E-state index in [1.807, 2.05) is 17.1 Å². The van der Waals surface area contributed by atoms with Crippen molar-refractivity contribution in [3.05, 3.63) is 42.2 Å². The van der Waals surface area contributed by atoms with Crippen molar-refractivity contribution in [2.24, 2.45) is 9.98 Å². The van der Waals surface area contributed by atoms with Gasteiger partial charge in [-0.15, -0.1) is 11.3 Å². The summed E-state index contributed by atoms with van der Waals surface area (Å²) in [5, 5.41) is 4.07. The number of benzene rings is 1. The molecule has 1 N–H and O–H groups in total. The van der Waals surface area contributed by atoms with Gasteiger partial charge in [0, 0.05) is 22.5 Å². The molecule has 1 aromatic carbocycles. The number of rotatable bonds is 0. The molecule has 82 valence electrons. The summed E-state index contributed by atoms with van der Waals surface area (Å²) in [4.78, 5) is 8.89. The SMILES string of the molecule is C1=CNN2C=Nc3sc4ccccc4c3C2=N1. The topological polar surface area (TPSA) is 40.0 Å². The largest absolute Gasteiger partial charge is 0.297 e. The van der Waals surface area contributed by atoms with Gasteiger partial charge in [0.15, 0.2) is 5.84 Å². The minimum atomic E-state index is 0.912. The molecule has 4 nitrogen and oxygen atoms in total. The van der Waals surface area contributed by atoms with E-state index in [-0.39, 0.29) is 0 Å². The van der Waals surface area contributed by atoms with E-state index in [4.69, 9.17) is 0 Å². The molecule has 0 aliphatic carbocycles. The Morgan fingerprint density at radius 2 is 2.18 bits per heavy atom. The van der Waals surface area contributed by atoms with Gasteiger partial charge in [-0.25, -0.2) is 15.0 Å². The van der Waals surface area contributed by atoms with Gasteiger partial charge in [-0.1, -0.05) is 18.2 Å². The zero-order valence-electron chi connectivity index (χ0n) is 8.79. The van der Waals surface area contributed by atoms with Crippen LogP contribution in [0.2, 0.25) is 0 Å². The van der Waals surface area contributed by atoms with Gasteiger partial charge in [-0.2, -0.15) is 0 Å². The second kappa shape index (κ2) is 3.18. The summed E-state index contributed by atoms with van der Waals surface area (Å²) < 4.78 is 1.24. The predicted molar refractivity (Wildman–Crippen MR) is 70.6 cm³/mol. The molecule has 0 fully saturated rings. The number of fused-ring (bicyclic) bond motifs is 5. The van der Waals surface area contributed by atoms with Crippen LogP contribution < -0.4 is 5.43 Å². The molecule has 0 amide bonds. The third-order valence-corrected chi connectivity index (χ3v) is 3.88. The third kappa shape index (κ3) is 1.17. The average Bonchev–Trinajstić information content (AvgIpc) is 2.77. The quantitative estimate of drug-likeness (QED) is 0.769. The van der Waals surface area contributed by atoms with Gasteiger partial charge in [0.05, 0.1) is 5.56 Å². The highest BCUT2D eigenvalue weighted by atomic mass is 32.1. The summed E-state index contributed by atoms with van der Waals surface area (Å²) in [6.07, 6.45) is 5.32. The van der Waals surface area contributed by atoms with Gasteiger partial charge < -0.3 is 0 Å². The number of nitrogens with zero attached hydrogens (tertiary/aromatic N) is 3. The van der Waals surface area contributed by atoms with Crippen LogP contribution in [0.15, 0.2) is 46.7 Å². The van der Waals surface area contributed by atoms with Gasteiger partial charge in [0.25, 0.3) is 0 Å². The van der Waals surface area contributed by atoms with Crippen LogP contribution in [-0.4, -0.2) is 17.2 Å². The van der Waals surface area contributed by atoms with Crippen molar-refractivity contribution < 1.29 is 0 Å². The van der Waals surface area contributed by atoms with Crippen molar-refractivity contribution >= 4 is 38.6 Å². The highest BCUT2D eigenvalue weighted by Gasteiger charge is 2.25. The maximum absolute atomic E-state index is 4.46. The summed E-state index contributed by atoms with van der Waals surface area (Å²) in [5.74, 6) is 0.912. The highest BCUT2D eigenvalue weighted by Crippen LogP contribution is 2.40. The van der Waals surface area contributed by atoms with Crippen LogP contribution in [-0.2, 0) is 0 Å². The molecule has 5 heteroatoms. The summed E-state index contributed by atoms with van der Waals surface area (Å²) in [6, 6.07) is 8.33. The Balaban J connectivity index is 2.09. The van der Waals surface area contributed by atoms with E-state index < -0.39 is 0 Å². The fourth-order valence-corrected chi connectivity index (χ4v) is 3.11. The highest BCUT2D eigenvalue weighted by molar-refractivity contribution is 7.23. The van der Waals surface area contributed by atoms with Crippen LogP contribution in [0.3, 0.4) is 0 Å². The molecule has 0 saturated heterocycles. The first kappa shape index (κ1) is 8.95. The lowest BCUT2D eigenvalue weighted by atomic mass is 10.1. The molecule has 17 heavy (non-hydrogen) atoms. The number of hydrazine groups is 1. The van der Waals surface area contributed by atoms with Gasteiger partial charge in [0.1, 0.15) is 11.3 Å². The van der Waals surface area contributed by atoms with Crippen molar-refractivity contribution in [2.75, 3.05) is 0 Å². The van der Waals surface area contributed by atoms with Crippen LogP contribution in [0.1, 0.15) is 5.56 Å². The smallest absolute Gasteiger partial charge is 0.163 e. The Kier molecular flexibility index (Phi) is 1.67. The molecule has 0 bridgehead atoms. The molecule has 0 atom stereocenters. The lowest BCUT2D eigenvalue weighted by molar-refractivity contribution is 0.532. The van der Waals surface area contributed by atoms with Gasteiger partial charge in [0.2, 0.25) is 0 Å². The first-order valence-corrected chi connectivity index (χ1v) is 6.09. The molecule has 3 heterocycles. The first-order chi connectivity index (χ1) is 8.43. The lowest BCUT2D eigenvalue weighted by Gasteiger charge is -2.25. The second-order valence-corrected chi connectivity index (χ2v) is 4.82. The molecule has 0 spiro atoms. The average molecular weight is 240 g/mol. The molecule has 0 radical (unpaired) electrons. The van der Waals surface area contributed by atoms with E-state index in [1.165, 1.54) is 10.1 Å². The zero-order chi connectivity index (χ0) is 11.2. The molecule has 0 unspecified atom stereocenters. The molecular formula is C12H8N4S. The monoisotopic (exact) mass is 240 g/mol. The summed E-state index contributed by atoms with van der Waals surface area (Å²) in [7, 11) is 0. The Morgan fingerprint density at radius 3 is 3.18 bits per heavy atom. The number of nitrogens with one attached hydrogen (secondary N) is 1. The van der Waals surface area contributed by atoms with Crippen LogP contribution in [0.5, 0.6) is 0 Å². The Labute approximate surface area is 102 Å². The summed E-state index contributed by atoms with van der Waals surface area (Å²) >= 11 is 1.70. The standard InChI is InChI=1S/C12H8N4S/c1-2-4-9-8(3-1)10-11-13-5-6-15-16(11)7-14-12(10)17-9/h1-7,15H. The second-order valence-electron chi connectivity index (χ2n) is 3.79. The van der Waals surface area contributed by atoms with Crippen LogP contribution in [0.4, 0.5) is 5.00 Å². The maximum atomic E-state index is 4.46. The lowest BCUT2D eigenvalue weighted by Crippen LogP contribution is -2.42. The van der Waals surface area contributed by atoms with Crippen molar-refractivity contribution in [2.45, 2.75) is 0 Å². The number of hydrogen-bond donors (Lipinski definition) is 1. The molecular weight excluding hydrogens is 232 g/mol. The molecule has 1 aromatic heterocycles. The molecule has 2 aliphatic heterocycles. The fourth-order valence-electron chi connectivity index (χ4n) is 2.07. The van der Waals surface area contributed by atoms with Crippen LogP contribution >= 0.6 is 11.3 Å². The van der Waals surface area contributed by atoms with E-state index >= 15 is 0 Å². The maximum Gasteiger partial charge on any atom is 0.163 e. The van der Waals surface area contributed by atoms with E-state index in [2.05, 4.69) is 27.5 Å². The van der Waals surface area contributed by atoms with Gasteiger partial charge >= 0.3 is 0 Å². The van der Waals surface area contributed by atoms with Crippen molar-refractivity contribution in [1.82, 2.24) is 10.4 Å². The third-order valence-electron chi connectivity index (χ3n) is 2.80.